The molecule has 1 atom stereocenters. The number of hydrogen-bond donors (Lipinski definition) is 1. The molecule has 1 rings (SSSR count). The van der Waals surface area contributed by atoms with Crippen LogP contribution in [0.3, 0.4) is 0 Å². The molecule has 1 heteroatoms. The van der Waals surface area contributed by atoms with Gasteiger partial charge in [0, 0.05) is 6.04 Å². The van der Waals surface area contributed by atoms with Gasteiger partial charge in [0.05, 0.1) is 0 Å². The van der Waals surface area contributed by atoms with Crippen molar-refractivity contribution in [1.82, 2.24) is 5.32 Å². The number of nitrogens with one attached hydrogen (secondary N) is 1. The largest absolute Gasteiger partial charge is 0.317 e. The molecule has 74 valence electrons. The predicted molar refractivity (Wildman–Crippen MR) is 56.4 cm³/mol. The lowest BCUT2D eigenvalue weighted by atomic mass is 9.75. The van der Waals surface area contributed by atoms with Crippen LogP contribution in [0.5, 0.6) is 0 Å². The second-order valence-corrected chi connectivity index (χ2v) is 4.25. The lowest BCUT2D eigenvalue weighted by Crippen LogP contribution is -2.34. The molecule has 0 spiro atoms. The summed E-state index contributed by atoms with van der Waals surface area (Å²) < 4.78 is 0. The Kier molecular flexibility index (Phi) is 5.56. The second kappa shape index (κ2) is 5.58. The van der Waals surface area contributed by atoms with E-state index >= 15 is 0 Å². The molecule has 0 aromatic carbocycles. The first-order valence-electron chi connectivity index (χ1n) is 5.31. The molecule has 1 aliphatic rings. The minimum Gasteiger partial charge on any atom is -0.317 e. The molecule has 1 nitrogen and oxygen atoms in total. The summed E-state index contributed by atoms with van der Waals surface area (Å²) in [4.78, 5) is 0. The van der Waals surface area contributed by atoms with Crippen molar-refractivity contribution in [3.63, 3.8) is 0 Å². The summed E-state index contributed by atoms with van der Waals surface area (Å²) in [6.45, 7) is 8.74. The van der Waals surface area contributed by atoms with Gasteiger partial charge in [0.25, 0.3) is 0 Å². The Morgan fingerprint density at radius 1 is 1.25 bits per heavy atom. The highest BCUT2D eigenvalue weighted by Gasteiger charge is 2.26. The molecule has 0 bridgehead atoms. The summed E-state index contributed by atoms with van der Waals surface area (Å²) >= 11 is 0. The lowest BCUT2D eigenvalue weighted by molar-refractivity contribution is 0.204. The van der Waals surface area contributed by atoms with Gasteiger partial charge in [-0.05, 0) is 31.7 Å². The van der Waals surface area contributed by atoms with E-state index in [9.17, 15) is 0 Å². The highest BCUT2D eigenvalue weighted by Crippen LogP contribution is 2.34. The second-order valence-electron chi connectivity index (χ2n) is 4.25. The highest BCUT2D eigenvalue weighted by molar-refractivity contribution is 4.82. The van der Waals surface area contributed by atoms with E-state index in [4.69, 9.17) is 0 Å². The van der Waals surface area contributed by atoms with Crippen LogP contribution in [0.25, 0.3) is 0 Å². The maximum Gasteiger partial charge on any atom is 0.00691 e. The third kappa shape index (κ3) is 4.10. The fraction of sp³-hybridized carbons (Fsp3) is 1.00. The zero-order valence-electron chi connectivity index (χ0n) is 9.41. The number of rotatable bonds is 1. The van der Waals surface area contributed by atoms with Gasteiger partial charge in [-0.15, -0.1) is 0 Å². The van der Waals surface area contributed by atoms with Crippen molar-refractivity contribution >= 4 is 0 Å². The van der Waals surface area contributed by atoms with Gasteiger partial charge < -0.3 is 5.32 Å². The first-order valence-corrected chi connectivity index (χ1v) is 5.31. The maximum atomic E-state index is 3.36. The lowest BCUT2D eigenvalue weighted by Gasteiger charge is -2.34. The molecule has 1 unspecified atom stereocenters. The van der Waals surface area contributed by atoms with Crippen molar-refractivity contribution < 1.29 is 0 Å². The molecule has 0 radical (unpaired) electrons. The van der Waals surface area contributed by atoms with Gasteiger partial charge in [-0.1, -0.05) is 34.1 Å². The molecular weight excluding hydrogens is 146 g/mol. The van der Waals surface area contributed by atoms with E-state index in [0.29, 0.717) is 5.41 Å². The van der Waals surface area contributed by atoms with Crippen molar-refractivity contribution in [1.29, 1.82) is 0 Å². The summed E-state index contributed by atoms with van der Waals surface area (Å²) in [6.07, 6.45) is 5.53. The quantitative estimate of drug-likeness (QED) is 0.639. The fourth-order valence-electron chi connectivity index (χ4n) is 1.94. The van der Waals surface area contributed by atoms with Crippen LogP contribution in [0, 0.1) is 5.41 Å². The van der Waals surface area contributed by atoms with Gasteiger partial charge >= 0.3 is 0 Å². The van der Waals surface area contributed by atoms with E-state index in [1.165, 1.54) is 25.7 Å². The van der Waals surface area contributed by atoms with E-state index < -0.39 is 0 Å². The van der Waals surface area contributed by atoms with Crippen LogP contribution in [-0.4, -0.2) is 13.1 Å². The van der Waals surface area contributed by atoms with Crippen LogP contribution >= 0.6 is 0 Å². The van der Waals surface area contributed by atoms with Crippen LogP contribution in [0.15, 0.2) is 0 Å². The van der Waals surface area contributed by atoms with Crippen LogP contribution in [-0.2, 0) is 0 Å². The molecule has 0 amide bonds. The van der Waals surface area contributed by atoms with Crippen molar-refractivity contribution in [2.75, 3.05) is 7.05 Å². The Hall–Kier alpha value is -0.0400. The topological polar surface area (TPSA) is 12.0 Å². The molecular formula is C11H25N. The van der Waals surface area contributed by atoms with Crippen LogP contribution in [0.4, 0.5) is 0 Å². The van der Waals surface area contributed by atoms with Crippen LogP contribution in [0.2, 0.25) is 0 Å². The van der Waals surface area contributed by atoms with Crippen molar-refractivity contribution in [2.24, 2.45) is 5.41 Å². The van der Waals surface area contributed by atoms with Crippen molar-refractivity contribution in [3.8, 4) is 0 Å². The van der Waals surface area contributed by atoms with E-state index in [0.717, 1.165) is 6.04 Å². The molecule has 1 aliphatic carbocycles. The summed E-state index contributed by atoms with van der Waals surface area (Å²) in [7, 11) is 2.08. The summed E-state index contributed by atoms with van der Waals surface area (Å²) in [6, 6.07) is 0.781. The third-order valence-corrected chi connectivity index (χ3v) is 2.61. The molecule has 0 aliphatic heterocycles. The smallest absolute Gasteiger partial charge is 0.00691 e. The van der Waals surface area contributed by atoms with Gasteiger partial charge in [0.1, 0.15) is 0 Å². The van der Waals surface area contributed by atoms with Crippen LogP contribution < -0.4 is 5.32 Å². The van der Waals surface area contributed by atoms with E-state index in [1.807, 2.05) is 13.8 Å². The Morgan fingerprint density at radius 3 is 2.17 bits per heavy atom. The molecule has 0 aromatic rings. The predicted octanol–water partition coefficient (Wildman–Crippen LogP) is 3.20. The average Bonchev–Trinajstić information content (AvgIpc) is 2.06. The first-order chi connectivity index (χ1) is 5.64. The summed E-state index contributed by atoms with van der Waals surface area (Å²) in [5.74, 6) is 0. The Bertz CT molecular complexity index is 108. The van der Waals surface area contributed by atoms with Crippen molar-refractivity contribution in [2.45, 2.75) is 59.4 Å². The Labute approximate surface area is 77.9 Å². The van der Waals surface area contributed by atoms with E-state index in [1.54, 1.807) is 0 Å². The fourth-order valence-corrected chi connectivity index (χ4v) is 1.94. The summed E-state index contributed by atoms with van der Waals surface area (Å²) in [5.41, 5.74) is 0.589. The Morgan fingerprint density at radius 2 is 1.83 bits per heavy atom. The normalized spacial score (nSPS) is 27.2. The van der Waals surface area contributed by atoms with Gasteiger partial charge in [0.15, 0.2) is 0 Å². The van der Waals surface area contributed by atoms with E-state index in [2.05, 4.69) is 26.2 Å². The van der Waals surface area contributed by atoms with Gasteiger partial charge in [-0.25, -0.2) is 0 Å². The van der Waals surface area contributed by atoms with Crippen LogP contribution in [0.1, 0.15) is 53.4 Å². The Balaban J connectivity index is 0.000000561. The molecule has 1 N–H and O–H groups in total. The van der Waals surface area contributed by atoms with Crippen molar-refractivity contribution in [3.05, 3.63) is 0 Å². The number of hydrogen-bond acceptors (Lipinski definition) is 1. The SMILES string of the molecule is CC.CNC1CCCC(C)(C)C1. The molecule has 1 saturated carbocycles. The molecule has 0 heterocycles. The highest BCUT2D eigenvalue weighted by atomic mass is 14.9. The van der Waals surface area contributed by atoms with Gasteiger partial charge in [-0.3, -0.25) is 0 Å². The third-order valence-electron chi connectivity index (χ3n) is 2.61. The molecule has 0 saturated heterocycles. The molecule has 12 heavy (non-hydrogen) atoms. The zero-order chi connectivity index (χ0) is 9.61. The monoisotopic (exact) mass is 171 g/mol. The van der Waals surface area contributed by atoms with E-state index in [-0.39, 0.29) is 0 Å². The maximum absolute atomic E-state index is 3.36. The average molecular weight is 171 g/mol. The zero-order valence-corrected chi connectivity index (χ0v) is 9.41. The van der Waals surface area contributed by atoms with Gasteiger partial charge in [0.2, 0.25) is 0 Å². The minimum atomic E-state index is 0.589. The summed E-state index contributed by atoms with van der Waals surface area (Å²) in [5, 5.41) is 3.36. The molecule has 0 aromatic heterocycles. The first kappa shape index (κ1) is 12.0. The van der Waals surface area contributed by atoms with Gasteiger partial charge in [-0.2, -0.15) is 0 Å². The molecule has 1 fully saturated rings. The standard InChI is InChI=1S/C9H19N.C2H6/c1-9(2)6-4-5-8(7-9)10-3;1-2/h8,10H,4-7H2,1-3H3;1-2H3. The minimum absolute atomic E-state index is 0.589.